The van der Waals surface area contributed by atoms with Gasteiger partial charge in [-0.05, 0) is 30.5 Å². The van der Waals surface area contributed by atoms with Crippen LogP contribution in [0.3, 0.4) is 0 Å². The van der Waals surface area contributed by atoms with Crippen LogP contribution in [0.5, 0.6) is 0 Å². The van der Waals surface area contributed by atoms with E-state index < -0.39 is 0 Å². The van der Waals surface area contributed by atoms with Gasteiger partial charge in [0.05, 0.1) is 11.0 Å². The van der Waals surface area contributed by atoms with Crippen molar-refractivity contribution < 1.29 is 4.79 Å². The quantitative estimate of drug-likeness (QED) is 0.853. The average molecular weight is 245 g/mol. The molecule has 2 N–H and O–H groups in total. The summed E-state index contributed by atoms with van der Waals surface area (Å²) in [5, 5.41) is 2.91. The highest BCUT2D eigenvalue weighted by molar-refractivity contribution is 5.93. The summed E-state index contributed by atoms with van der Waals surface area (Å²) < 4.78 is 0. The molecule has 0 saturated heterocycles. The average Bonchev–Trinajstić information content (AvgIpc) is 2.53. The van der Waals surface area contributed by atoms with E-state index in [9.17, 15) is 4.79 Å². The van der Waals surface area contributed by atoms with E-state index in [4.69, 9.17) is 0 Å². The van der Waals surface area contributed by atoms with Gasteiger partial charge in [-0.2, -0.15) is 0 Å². The van der Waals surface area contributed by atoms with E-state index in [1.54, 1.807) is 0 Å². The summed E-state index contributed by atoms with van der Waals surface area (Å²) in [6.07, 6.45) is 0.507. The predicted molar refractivity (Wildman–Crippen MR) is 73.5 cm³/mol. The van der Waals surface area contributed by atoms with Crippen molar-refractivity contribution in [2.75, 3.05) is 5.32 Å². The summed E-state index contributed by atoms with van der Waals surface area (Å²) in [5.41, 5.74) is 2.67. The second-order valence-corrected chi connectivity index (χ2v) is 5.84. The molecule has 0 saturated carbocycles. The Bertz CT molecular complexity index is 578. The fourth-order valence-electron chi connectivity index (χ4n) is 1.90. The smallest absolute Gasteiger partial charge is 0.224 e. The summed E-state index contributed by atoms with van der Waals surface area (Å²) in [7, 11) is 0. The first-order valence-corrected chi connectivity index (χ1v) is 6.10. The first-order chi connectivity index (χ1) is 8.33. The Labute approximate surface area is 107 Å². The number of benzene rings is 1. The lowest BCUT2D eigenvalue weighted by Crippen LogP contribution is -2.19. The first kappa shape index (κ1) is 12.6. The number of aromatic amines is 1. The third-order valence-corrected chi connectivity index (χ3v) is 2.57. The third-order valence-electron chi connectivity index (χ3n) is 2.57. The standard InChI is InChI=1S/C14H19N3O/c1-9-15-11-6-5-10(7-12(11)16-9)17-13(18)8-14(2,3)4/h5-7H,8H2,1-4H3,(H,15,16)(H,17,18). The number of fused-ring (bicyclic) bond motifs is 1. The van der Waals surface area contributed by atoms with E-state index in [1.165, 1.54) is 0 Å². The van der Waals surface area contributed by atoms with Crippen molar-refractivity contribution in [3.63, 3.8) is 0 Å². The van der Waals surface area contributed by atoms with E-state index in [0.29, 0.717) is 6.42 Å². The van der Waals surface area contributed by atoms with Crippen molar-refractivity contribution in [3.8, 4) is 0 Å². The van der Waals surface area contributed by atoms with E-state index in [0.717, 1.165) is 22.5 Å². The summed E-state index contributed by atoms with van der Waals surface area (Å²) in [4.78, 5) is 19.3. The number of amides is 1. The highest BCUT2D eigenvalue weighted by Gasteiger charge is 2.16. The molecule has 2 aromatic rings. The van der Waals surface area contributed by atoms with E-state index in [1.807, 2.05) is 45.9 Å². The van der Waals surface area contributed by atoms with Crippen LogP contribution in [0.15, 0.2) is 18.2 Å². The van der Waals surface area contributed by atoms with Crippen molar-refractivity contribution in [1.82, 2.24) is 9.97 Å². The van der Waals surface area contributed by atoms with Gasteiger partial charge < -0.3 is 10.3 Å². The summed E-state index contributed by atoms with van der Waals surface area (Å²) >= 11 is 0. The van der Waals surface area contributed by atoms with E-state index in [-0.39, 0.29) is 11.3 Å². The molecule has 0 aliphatic heterocycles. The molecule has 1 heterocycles. The first-order valence-electron chi connectivity index (χ1n) is 6.10. The van der Waals surface area contributed by atoms with Crippen LogP contribution in [0.1, 0.15) is 33.0 Å². The predicted octanol–water partition coefficient (Wildman–Crippen LogP) is 3.25. The van der Waals surface area contributed by atoms with Crippen LogP contribution in [-0.4, -0.2) is 15.9 Å². The lowest BCUT2D eigenvalue weighted by molar-refractivity contribution is -0.117. The molecule has 0 spiro atoms. The van der Waals surface area contributed by atoms with Crippen LogP contribution in [-0.2, 0) is 4.79 Å². The van der Waals surface area contributed by atoms with Gasteiger partial charge in [0, 0.05) is 12.1 Å². The molecule has 0 unspecified atom stereocenters. The zero-order valence-corrected chi connectivity index (χ0v) is 11.3. The number of aryl methyl sites for hydroxylation is 1. The van der Waals surface area contributed by atoms with Gasteiger partial charge in [0.25, 0.3) is 0 Å². The maximum atomic E-state index is 11.8. The van der Waals surface area contributed by atoms with Crippen LogP contribution >= 0.6 is 0 Å². The van der Waals surface area contributed by atoms with Crippen molar-refractivity contribution in [2.45, 2.75) is 34.1 Å². The maximum Gasteiger partial charge on any atom is 0.224 e. The number of H-pyrrole nitrogens is 1. The van der Waals surface area contributed by atoms with Crippen LogP contribution in [0.4, 0.5) is 5.69 Å². The third kappa shape index (κ3) is 3.09. The Balaban J connectivity index is 2.14. The lowest BCUT2D eigenvalue weighted by atomic mass is 9.92. The summed E-state index contributed by atoms with van der Waals surface area (Å²) in [6, 6.07) is 5.70. The summed E-state index contributed by atoms with van der Waals surface area (Å²) in [5.74, 6) is 0.918. The fourth-order valence-corrected chi connectivity index (χ4v) is 1.90. The Hall–Kier alpha value is -1.84. The molecule has 1 aromatic carbocycles. The molecule has 0 bridgehead atoms. The number of hydrogen-bond donors (Lipinski definition) is 2. The van der Waals surface area contributed by atoms with Crippen molar-refractivity contribution in [2.24, 2.45) is 5.41 Å². The Kier molecular flexibility index (Phi) is 3.11. The molecule has 18 heavy (non-hydrogen) atoms. The number of carbonyl (C=O) groups is 1. The molecule has 1 amide bonds. The topological polar surface area (TPSA) is 57.8 Å². The molecule has 0 atom stereocenters. The molecule has 0 aliphatic rings. The number of hydrogen-bond acceptors (Lipinski definition) is 2. The summed E-state index contributed by atoms with van der Waals surface area (Å²) in [6.45, 7) is 8.06. The minimum absolute atomic E-state index is 0.00123. The van der Waals surface area contributed by atoms with Crippen LogP contribution in [0.25, 0.3) is 11.0 Å². The number of imidazole rings is 1. The largest absolute Gasteiger partial charge is 0.342 e. The number of carbonyl (C=O) groups excluding carboxylic acids is 1. The monoisotopic (exact) mass is 245 g/mol. The van der Waals surface area contributed by atoms with Gasteiger partial charge in [-0.3, -0.25) is 4.79 Å². The van der Waals surface area contributed by atoms with Gasteiger partial charge >= 0.3 is 0 Å². The lowest BCUT2D eigenvalue weighted by Gasteiger charge is -2.17. The minimum Gasteiger partial charge on any atom is -0.342 e. The number of aromatic nitrogens is 2. The zero-order chi connectivity index (χ0) is 13.3. The molecule has 2 rings (SSSR count). The van der Waals surface area contributed by atoms with Gasteiger partial charge in [0.15, 0.2) is 0 Å². The molecule has 4 heteroatoms. The van der Waals surface area contributed by atoms with E-state index >= 15 is 0 Å². The SMILES string of the molecule is Cc1nc2ccc(NC(=O)CC(C)(C)C)cc2[nH]1. The Morgan fingerprint density at radius 2 is 2.11 bits per heavy atom. The number of nitrogens with one attached hydrogen (secondary N) is 2. The van der Waals surface area contributed by atoms with Gasteiger partial charge in [-0.1, -0.05) is 20.8 Å². The van der Waals surface area contributed by atoms with Gasteiger partial charge in [0.2, 0.25) is 5.91 Å². The number of nitrogens with zero attached hydrogens (tertiary/aromatic N) is 1. The van der Waals surface area contributed by atoms with Crippen molar-refractivity contribution in [1.29, 1.82) is 0 Å². The van der Waals surface area contributed by atoms with E-state index in [2.05, 4.69) is 15.3 Å². The van der Waals surface area contributed by atoms with Crippen molar-refractivity contribution in [3.05, 3.63) is 24.0 Å². The van der Waals surface area contributed by atoms with Crippen LogP contribution in [0.2, 0.25) is 0 Å². The van der Waals surface area contributed by atoms with Gasteiger partial charge in [-0.15, -0.1) is 0 Å². The molecule has 0 radical (unpaired) electrons. The Morgan fingerprint density at radius 1 is 1.39 bits per heavy atom. The van der Waals surface area contributed by atoms with Gasteiger partial charge in [0.1, 0.15) is 5.82 Å². The molecule has 0 aliphatic carbocycles. The molecular weight excluding hydrogens is 226 g/mol. The molecule has 1 aromatic heterocycles. The molecule has 0 fully saturated rings. The maximum absolute atomic E-state index is 11.8. The molecule has 4 nitrogen and oxygen atoms in total. The molecule has 96 valence electrons. The Morgan fingerprint density at radius 3 is 2.78 bits per heavy atom. The van der Waals surface area contributed by atoms with Gasteiger partial charge in [-0.25, -0.2) is 4.98 Å². The van der Waals surface area contributed by atoms with Crippen LogP contribution < -0.4 is 5.32 Å². The molecular formula is C14H19N3O. The zero-order valence-electron chi connectivity index (χ0n) is 11.3. The number of anilines is 1. The fraction of sp³-hybridized carbons (Fsp3) is 0.429. The number of rotatable bonds is 2. The van der Waals surface area contributed by atoms with Crippen molar-refractivity contribution >= 4 is 22.6 Å². The highest BCUT2D eigenvalue weighted by Crippen LogP contribution is 2.21. The highest BCUT2D eigenvalue weighted by atomic mass is 16.1. The second kappa shape index (κ2) is 4.44. The second-order valence-electron chi connectivity index (χ2n) is 5.84. The minimum atomic E-state index is -0.00123. The normalized spacial score (nSPS) is 11.8. The van der Waals surface area contributed by atoms with Crippen LogP contribution in [0, 0.1) is 12.3 Å².